The third kappa shape index (κ3) is 2.59. The lowest BCUT2D eigenvalue weighted by Crippen LogP contribution is -2.40. The van der Waals surface area contributed by atoms with E-state index in [1.807, 2.05) is 21.9 Å². The van der Waals surface area contributed by atoms with E-state index in [9.17, 15) is 4.79 Å². The van der Waals surface area contributed by atoms with E-state index >= 15 is 0 Å². The molecule has 1 fully saturated rings. The molecule has 2 aromatic rings. The molecule has 3 rings (SSSR count). The molecule has 20 heavy (non-hydrogen) atoms. The summed E-state index contributed by atoms with van der Waals surface area (Å²) < 4.78 is 1.81. The molecular weight excluding hydrogens is 254 g/mol. The van der Waals surface area contributed by atoms with Crippen LogP contribution in [0.2, 0.25) is 0 Å². The molecule has 1 unspecified atom stereocenters. The maximum Gasteiger partial charge on any atom is 0.242 e. The molecule has 6 heteroatoms. The van der Waals surface area contributed by atoms with Crippen LogP contribution in [0.4, 0.5) is 0 Å². The largest absolute Gasteiger partial charge is 0.340 e. The highest BCUT2D eigenvalue weighted by Gasteiger charge is 2.26. The van der Waals surface area contributed by atoms with Gasteiger partial charge in [-0.05, 0) is 25.3 Å². The number of amides is 1. The van der Waals surface area contributed by atoms with Gasteiger partial charge in [-0.1, -0.05) is 0 Å². The summed E-state index contributed by atoms with van der Waals surface area (Å²) in [5, 5.41) is 7.16. The molecule has 0 spiro atoms. The molecular formula is C14H19N5O. The van der Waals surface area contributed by atoms with Gasteiger partial charge in [0.15, 0.2) is 0 Å². The highest BCUT2D eigenvalue weighted by Crippen LogP contribution is 2.27. The number of carbonyl (C=O) groups excluding carboxylic acids is 1. The average Bonchev–Trinajstić information content (AvgIpc) is 3.10. The fraction of sp³-hybridized carbons (Fsp3) is 0.500. The van der Waals surface area contributed by atoms with Crippen LogP contribution in [0.5, 0.6) is 0 Å². The first-order valence-electron chi connectivity index (χ1n) is 6.97. The van der Waals surface area contributed by atoms with E-state index in [1.165, 1.54) is 11.3 Å². The zero-order chi connectivity index (χ0) is 13.9. The normalized spacial score (nSPS) is 19.2. The van der Waals surface area contributed by atoms with Crippen molar-refractivity contribution in [1.29, 1.82) is 0 Å². The van der Waals surface area contributed by atoms with Crippen LogP contribution in [0.1, 0.15) is 30.0 Å². The lowest BCUT2D eigenvalue weighted by Gasteiger charge is -2.32. The monoisotopic (exact) mass is 273 g/mol. The number of carbonyl (C=O) groups is 1. The Morgan fingerprint density at radius 1 is 1.55 bits per heavy atom. The second-order valence-corrected chi connectivity index (χ2v) is 5.38. The van der Waals surface area contributed by atoms with E-state index in [4.69, 9.17) is 0 Å². The zero-order valence-electron chi connectivity index (χ0n) is 11.6. The summed E-state index contributed by atoms with van der Waals surface area (Å²) in [5.74, 6) is 0.530. The van der Waals surface area contributed by atoms with Crippen molar-refractivity contribution < 1.29 is 4.79 Å². The summed E-state index contributed by atoms with van der Waals surface area (Å²) >= 11 is 0. The first-order valence-corrected chi connectivity index (χ1v) is 6.97. The van der Waals surface area contributed by atoms with Gasteiger partial charge >= 0.3 is 0 Å². The molecule has 106 valence electrons. The molecule has 6 nitrogen and oxygen atoms in total. The molecule has 2 aromatic heterocycles. The molecule has 3 heterocycles. The molecule has 1 aliphatic rings. The molecule has 0 saturated carbocycles. The van der Waals surface area contributed by atoms with Crippen molar-refractivity contribution in [3.05, 3.63) is 36.2 Å². The number of H-pyrrole nitrogens is 1. The van der Waals surface area contributed by atoms with Crippen molar-refractivity contribution in [1.82, 2.24) is 24.6 Å². The van der Waals surface area contributed by atoms with Crippen LogP contribution in [0.15, 0.2) is 24.9 Å². The van der Waals surface area contributed by atoms with Gasteiger partial charge in [0, 0.05) is 37.1 Å². The third-order valence-electron chi connectivity index (χ3n) is 3.93. The Kier molecular flexibility index (Phi) is 3.54. The maximum atomic E-state index is 12.3. The number of hydrogen-bond donors (Lipinski definition) is 1. The molecule has 0 aromatic carbocycles. The molecule has 1 aliphatic heterocycles. The molecule has 1 amide bonds. The Bertz CT molecular complexity index is 574. The smallest absolute Gasteiger partial charge is 0.242 e. The average molecular weight is 273 g/mol. The van der Waals surface area contributed by atoms with Crippen LogP contribution < -0.4 is 0 Å². The maximum absolute atomic E-state index is 12.3. The van der Waals surface area contributed by atoms with Gasteiger partial charge in [-0.15, -0.1) is 0 Å². The van der Waals surface area contributed by atoms with Gasteiger partial charge in [-0.25, -0.2) is 4.98 Å². The van der Waals surface area contributed by atoms with E-state index in [1.54, 1.807) is 12.5 Å². The van der Waals surface area contributed by atoms with Gasteiger partial charge in [-0.3, -0.25) is 9.89 Å². The van der Waals surface area contributed by atoms with E-state index in [-0.39, 0.29) is 5.91 Å². The standard InChI is InChI=1S/C14H19N5O/c1-11-7-16-17-14(11)12-3-2-5-19(8-12)13(20)9-18-6-4-15-10-18/h4,6-7,10,12H,2-3,5,8-9H2,1H3,(H,16,17). The number of likely N-dealkylation sites (tertiary alicyclic amines) is 1. The highest BCUT2D eigenvalue weighted by molar-refractivity contribution is 5.76. The SMILES string of the molecule is Cc1cn[nH]c1C1CCCN(C(=O)Cn2ccnc2)C1. The van der Waals surface area contributed by atoms with Crippen LogP contribution >= 0.6 is 0 Å². The third-order valence-corrected chi connectivity index (χ3v) is 3.93. The van der Waals surface area contributed by atoms with E-state index in [2.05, 4.69) is 22.1 Å². The molecule has 1 saturated heterocycles. The molecule has 0 aliphatic carbocycles. The number of aromatic amines is 1. The number of nitrogens with one attached hydrogen (secondary N) is 1. The summed E-state index contributed by atoms with van der Waals surface area (Å²) in [6.07, 6.45) is 9.19. The van der Waals surface area contributed by atoms with Crippen molar-refractivity contribution >= 4 is 5.91 Å². The fourth-order valence-electron chi connectivity index (χ4n) is 2.85. The van der Waals surface area contributed by atoms with Gasteiger partial charge in [0.1, 0.15) is 6.54 Å². The number of piperidine rings is 1. The highest BCUT2D eigenvalue weighted by atomic mass is 16.2. The Hall–Kier alpha value is -2.11. The second-order valence-electron chi connectivity index (χ2n) is 5.38. The Morgan fingerprint density at radius 3 is 3.15 bits per heavy atom. The summed E-state index contributed by atoms with van der Waals surface area (Å²) in [6, 6.07) is 0. The first kappa shape index (κ1) is 12.9. The minimum absolute atomic E-state index is 0.157. The van der Waals surface area contributed by atoms with Crippen LogP contribution in [-0.4, -0.2) is 43.6 Å². The topological polar surface area (TPSA) is 66.8 Å². The number of aryl methyl sites for hydroxylation is 1. The van der Waals surface area contributed by atoms with Crippen molar-refractivity contribution in [3.63, 3.8) is 0 Å². The lowest BCUT2D eigenvalue weighted by atomic mass is 9.93. The van der Waals surface area contributed by atoms with Crippen LogP contribution in [0.3, 0.4) is 0 Å². The number of imidazole rings is 1. The number of nitrogens with zero attached hydrogens (tertiary/aromatic N) is 4. The van der Waals surface area contributed by atoms with Gasteiger partial charge in [0.2, 0.25) is 5.91 Å². The van der Waals surface area contributed by atoms with Gasteiger partial charge in [-0.2, -0.15) is 5.10 Å². The summed E-state index contributed by atoms with van der Waals surface area (Å²) in [6.45, 7) is 4.05. The summed E-state index contributed by atoms with van der Waals surface area (Å²) in [5.41, 5.74) is 2.35. The zero-order valence-corrected chi connectivity index (χ0v) is 11.6. The van der Waals surface area contributed by atoms with Crippen LogP contribution in [-0.2, 0) is 11.3 Å². The minimum atomic E-state index is 0.157. The number of aromatic nitrogens is 4. The van der Waals surface area contributed by atoms with Crippen molar-refractivity contribution in [2.45, 2.75) is 32.2 Å². The van der Waals surface area contributed by atoms with E-state index in [0.717, 1.165) is 25.9 Å². The predicted molar refractivity (Wildman–Crippen MR) is 74.1 cm³/mol. The van der Waals surface area contributed by atoms with Crippen LogP contribution in [0.25, 0.3) is 0 Å². The Morgan fingerprint density at radius 2 is 2.45 bits per heavy atom. The van der Waals surface area contributed by atoms with E-state index < -0.39 is 0 Å². The number of hydrogen-bond acceptors (Lipinski definition) is 3. The summed E-state index contributed by atoms with van der Waals surface area (Å²) in [7, 11) is 0. The Labute approximate surface area is 117 Å². The van der Waals surface area contributed by atoms with Gasteiger partial charge in [0.25, 0.3) is 0 Å². The number of rotatable bonds is 3. The fourth-order valence-corrected chi connectivity index (χ4v) is 2.85. The van der Waals surface area contributed by atoms with Crippen molar-refractivity contribution in [2.24, 2.45) is 0 Å². The van der Waals surface area contributed by atoms with E-state index in [0.29, 0.717) is 12.5 Å². The van der Waals surface area contributed by atoms with Gasteiger partial charge in [0.05, 0.1) is 12.5 Å². The molecule has 0 bridgehead atoms. The lowest BCUT2D eigenvalue weighted by molar-refractivity contribution is -0.133. The van der Waals surface area contributed by atoms with Crippen molar-refractivity contribution in [3.8, 4) is 0 Å². The van der Waals surface area contributed by atoms with Crippen LogP contribution in [0, 0.1) is 6.92 Å². The minimum Gasteiger partial charge on any atom is -0.340 e. The van der Waals surface area contributed by atoms with Crippen molar-refractivity contribution in [2.75, 3.05) is 13.1 Å². The Balaban J connectivity index is 1.66. The van der Waals surface area contributed by atoms with Gasteiger partial charge < -0.3 is 9.47 Å². The first-order chi connectivity index (χ1) is 9.74. The molecule has 0 radical (unpaired) electrons. The molecule has 1 N–H and O–H groups in total. The predicted octanol–water partition coefficient (Wildman–Crippen LogP) is 1.32. The summed E-state index contributed by atoms with van der Waals surface area (Å²) in [4.78, 5) is 18.2. The second kappa shape index (κ2) is 5.48. The molecule has 1 atom stereocenters. The quantitative estimate of drug-likeness (QED) is 0.917.